The van der Waals surface area contributed by atoms with E-state index in [1.54, 1.807) is 6.92 Å². The average molecular weight is 205 g/mol. The number of ether oxygens (including phenoxy) is 2. The molecule has 0 spiro atoms. The molecule has 0 fully saturated rings. The summed E-state index contributed by atoms with van der Waals surface area (Å²) in [4.78, 5) is 0. The highest BCUT2D eigenvalue weighted by Gasteiger charge is 2.31. The Labute approximate surface area is 79.2 Å². The van der Waals surface area contributed by atoms with Gasteiger partial charge in [0.25, 0.3) is 0 Å². The van der Waals surface area contributed by atoms with Crippen LogP contribution in [0.25, 0.3) is 0 Å². The SMILES string of the molecule is CCOc1[c]ccc(OC(F)(F)F)c1. The van der Waals surface area contributed by atoms with E-state index in [4.69, 9.17) is 4.74 Å². The number of halogens is 3. The monoisotopic (exact) mass is 205 g/mol. The van der Waals surface area contributed by atoms with E-state index < -0.39 is 6.36 Å². The minimum absolute atomic E-state index is 0.231. The van der Waals surface area contributed by atoms with Crippen molar-refractivity contribution in [2.45, 2.75) is 13.3 Å². The molecule has 0 saturated heterocycles. The highest BCUT2D eigenvalue weighted by molar-refractivity contribution is 5.31. The summed E-state index contributed by atoms with van der Waals surface area (Å²) >= 11 is 0. The molecule has 0 aliphatic carbocycles. The first-order valence-electron chi connectivity index (χ1n) is 3.91. The minimum atomic E-state index is -4.68. The van der Waals surface area contributed by atoms with E-state index in [2.05, 4.69) is 10.8 Å². The van der Waals surface area contributed by atoms with Gasteiger partial charge in [-0.2, -0.15) is 0 Å². The van der Waals surface area contributed by atoms with Gasteiger partial charge in [-0.05, 0) is 19.1 Å². The molecule has 1 aromatic carbocycles. The lowest BCUT2D eigenvalue weighted by Crippen LogP contribution is -2.17. The molecular weight excluding hydrogens is 197 g/mol. The molecule has 2 nitrogen and oxygen atoms in total. The van der Waals surface area contributed by atoms with E-state index >= 15 is 0 Å². The van der Waals surface area contributed by atoms with Crippen LogP contribution in [0.5, 0.6) is 11.5 Å². The predicted octanol–water partition coefficient (Wildman–Crippen LogP) is 2.78. The van der Waals surface area contributed by atoms with Crippen LogP contribution in [0.4, 0.5) is 13.2 Å². The third kappa shape index (κ3) is 3.55. The Morgan fingerprint density at radius 1 is 1.43 bits per heavy atom. The topological polar surface area (TPSA) is 18.5 Å². The van der Waals surface area contributed by atoms with Crippen LogP contribution < -0.4 is 9.47 Å². The molecule has 0 heterocycles. The van der Waals surface area contributed by atoms with Crippen molar-refractivity contribution < 1.29 is 22.6 Å². The first-order valence-corrected chi connectivity index (χ1v) is 3.91. The standard InChI is InChI=1S/C9H8F3O2/c1-2-13-7-4-3-5-8(6-7)14-9(10,11)12/h3,5-6H,2H2,1H3. The van der Waals surface area contributed by atoms with E-state index in [0.717, 1.165) is 12.1 Å². The third-order valence-electron chi connectivity index (χ3n) is 1.28. The zero-order valence-electron chi connectivity index (χ0n) is 7.39. The van der Waals surface area contributed by atoms with Gasteiger partial charge in [0.1, 0.15) is 11.5 Å². The molecule has 1 rings (SSSR count). The fraction of sp³-hybridized carbons (Fsp3) is 0.333. The molecular formula is C9H8F3O2. The van der Waals surface area contributed by atoms with E-state index in [-0.39, 0.29) is 11.5 Å². The van der Waals surface area contributed by atoms with Crippen molar-refractivity contribution >= 4 is 0 Å². The van der Waals surface area contributed by atoms with Crippen LogP contribution >= 0.6 is 0 Å². The molecule has 0 saturated carbocycles. The largest absolute Gasteiger partial charge is 0.573 e. The van der Waals surface area contributed by atoms with Gasteiger partial charge >= 0.3 is 6.36 Å². The lowest BCUT2D eigenvalue weighted by Gasteiger charge is -2.09. The molecule has 1 radical (unpaired) electrons. The number of hydrogen-bond donors (Lipinski definition) is 0. The van der Waals surface area contributed by atoms with Gasteiger partial charge < -0.3 is 9.47 Å². The van der Waals surface area contributed by atoms with Gasteiger partial charge in [-0.3, -0.25) is 0 Å². The summed E-state index contributed by atoms with van der Waals surface area (Å²) < 4.78 is 44.0. The molecule has 0 N–H and O–H groups in total. The maximum absolute atomic E-state index is 11.8. The predicted molar refractivity (Wildman–Crippen MR) is 43.1 cm³/mol. The van der Waals surface area contributed by atoms with Crippen molar-refractivity contribution in [1.82, 2.24) is 0 Å². The zero-order chi connectivity index (χ0) is 10.6. The number of rotatable bonds is 3. The van der Waals surface area contributed by atoms with Crippen molar-refractivity contribution in [3.63, 3.8) is 0 Å². The maximum Gasteiger partial charge on any atom is 0.573 e. The molecule has 0 bridgehead atoms. The minimum Gasteiger partial charge on any atom is -0.493 e. The second-order valence-electron chi connectivity index (χ2n) is 2.37. The molecule has 0 aliphatic heterocycles. The fourth-order valence-electron chi connectivity index (χ4n) is 0.861. The average Bonchev–Trinajstić information content (AvgIpc) is 2.02. The highest BCUT2D eigenvalue weighted by Crippen LogP contribution is 2.25. The van der Waals surface area contributed by atoms with E-state index in [1.165, 1.54) is 6.07 Å². The zero-order valence-corrected chi connectivity index (χ0v) is 7.39. The van der Waals surface area contributed by atoms with Gasteiger partial charge in [-0.15, -0.1) is 13.2 Å². The second kappa shape index (κ2) is 4.21. The molecule has 0 aromatic heterocycles. The van der Waals surface area contributed by atoms with Crippen LogP contribution in [-0.2, 0) is 0 Å². The first-order chi connectivity index (χ1) is 6.51. The smallest absolute Gasteiger partial charge is 0.493 e. The van der Waals surface area contributed by atoms with Crippen LogP contribution in [0.2, 0.25) is 0 Å². The van der Waals surface area contributed by atoms with Crippen molar-refractivity contribution in [2.75, 3.05) is 6.61 Å². The Morgan fingerprint density at radius 2 is 2.14 bits per heavy atom. The summed E-state index contributed by atoms with van der Waals surface area (Å²) in [6.07, 6.45) is -4.68. The molecule has 0 aliphatic rings. The van der Waals surface area contributed by atoms with Gasteiger partial charge in [0.15, 0.2) is 0 Å². The molecule has 14 heavy (non-hydrogen) atoms. The van der Waals surface area contributed by atoms with Crippen LogP contribution in [0.15, 0.2) is 18.2 Å². The summed E-state index contributed by atoms with van der Waals surface area (Å²) in [6, 6.07) is 6.24. The van der Waals surface area contributed by atoms with E-state index in [0.29, 0.717) is 6.61 Å². The van der Waals surface area contributed by atoms with Crippen LogP contribution in [0, 0.1) is 6.07 Å². The Kier molecular flexibility index (Phi) is 3.22. The highest BCUT2D eigenvalue weighted by atomic mass is 19.4. The lowest BCUT2D eigenvalue weighted by molar-refractivity contribution is -0.274. The molecule has 5 heteroatoms. The lowest BCUT2D eigenvalue weighted by atomic mass is 10.3. The van der Waals surface area contributed by atoms with E-state index in [1.807, 2.05) is 0 Å². The summed E-state index contributed by atoms with van der Waals surface area (Å²) in [5.74, 6) is -0.0750. The van der Waals surface area contributed by atoms with Gasteiger partial charge in [0, 0.05) is 12.1 Å². The van der Waals surface area contributed by atoms with Crippen molar-refractivity contribution in [1.29, 1.82) is 0 Å². The first kappa shape index (κ1) is 10.7. The summed E-state index contributed by atoms with van der Waals surface area (Å²) in [7, 11) is 0. The molecule has 0 atom stereocenters. The van der Waals surface area contributed by atoms with Crippen LogP contribution in [-0.4, -0.2) is 13.0 Å². The van der Waals surface area contributed by atoms with Crippen LogP contribution in [0.1, 0.15) is 6.92 Å². The molecule has 0 amide bonds. The van der Waals surface area contributed by atoms with Crippen molar-refractivity contribution in [2.24, 2.45) is 0 Å². The molecule has 1 aromatic rings. The quantitative estimate of drug-likeness (QED) is 0.755. The molecule has 77 valence electrons. The Hall–Kier alpha value is -1.39. The normalized spacial score (nSPS) is 11.1. The molecule has 0 unspecified atom stereocenters. The fourth-order valence-corrected chi connectivity index (χ4v) is 0.861. The van der Waals surface area contributed by atoms with Crippen LogP contribution in [0.3, 0.4) is 0 Å². The van der Waals surface area contributed by atoms with Gasteiger partial charge in [0.2, 0.25) is 0 Å². The van der Waals surface area contributed by atoms with Crippen molar-refractivity contribution in [3.05, 3.63) is 24.3 Å². The van der Waals surface area contributed by atoms with Gasteiger partial charge in [-0.1, -0.05) is 0 Å². The number of hydrogen-bond acceptors (Lipinski definition) is 2. The number of benzene rings is 1. The third-order valence-corrected chi connectivity index (χ3v) is 1.28. The summed E-state index contributed by atoms with van der Waals surface area (Å²) in [6.45, 7) is 2.09. The Bertz CT molecular complexity index is 296. The van der Waals surface area contributed by atoms with Crippen molar-refractivity contribution in [3.8, 4) is 11.5 Å². The summed E-state index contributed by atoms with van der Waals surface area (Å²) in [5, 5.41) is 0. The number of alkyl halides is 3. The van der Waals surface area contributed by atoms with E-state index in [9.17, 15) is 13.2 Å². The maximum atomic E-state index is 11.8. The Balaban J connectivity index is 2.73. The Morgan fingerprint density at radius 3 is 2.71 bits per heavy atom. The summed E-state index contributed by atoms with van der Waals surface area (Å²) in [5.41, 5.74) is 0. The van der Waals surface area contributed by atoms with Gasteiger partial charge in [-0.25, -0.2) is 0 Å². The van der Waals surface area contributed by atoms with Gasteiger partial charge in [0.05, 0.1) is 6.61 Å². The second-order valence-corrected chi connectivity index (χ2v) is 2.37.